The van der Waals surface area contributed by atoms with E-state index in [1.165, 1.54) is 11.3 Å². The maximum atomic E-state index is 12.9. The van der Waals surface area contributed by atoms with E-state index < -0.39 is 5.63 Å². The topological polar surface area (TPSA) is 77.8 Å². The number of thiophene rings is 1. The number of fused-ring (bicyclic) bond motifs is 4. The van der Waals surface area contributed by atoms with Crippen LogP contribution in [0, 0.1) is 6.92 Å². The van der Waals surface area contributed by atoms with E-state index in [0.29, 0.717) is 40.6 Å². The maximum absolute atomic E-state index is 12.9. The van der Waals surface area contributed by atoms with Gasteiger partial charge in [0.05, 0.1) is 21.0 Å². The molecule has 5 rings (SSSR count). The molecule has 1 atom stereocenters. The van der Waals surface area contributed by atoms with Crippen molar-refractivity contribution in [2.45, 2.75) is 19.9 Å². The van der Waals surface area contributed by atoms with Crippen LogP contribution in [0.1, 0.15) is 33.8 Å². The predicted molar refractivity (Wildman–Crippen MR) is 116 cm³/mol. The van der Waals surface area contributed by atoms with Crippen LogP contribution in [0.3, 0.4) is 0 Å². The molecule has 1 aliphatic rings. The minimum Gasteiger partial charge on any atom is -0.486 e. The van der Waals surface area contributed by atoms with E-state index in [2.05, 4.69) is 5.32 Å². The van der Waals surface area contributed by atoms with Gasteiger partial charge in [-0.05, 0) is 49.7 Å². The Balaban J connectivity index is 1.46. The zero-order chi connectivity index (χ0) is 20.8. The van der Waals surface area contributed by atoms with Gasteiger partial charge in [0, 0.05) is 5.39 Å². The van der Waals surface area contributed by atoms with Gasteiger partial charge in [-0.25, -0.2) is 4.79 Å². The number of rotatable bonds is 3. The highest BCUT2D eigenvalue weighted by molar-refractivity contribution is 7.21. The molecule has 2 aromatic carbocycles. The monoisotopic (exact) mass is 421 g/mol. The summed E-state index contributed by atoms with van der Waals surface area (Å²) in [6.45, 7) is 4.93. The van der Waals surface area contributed by atoms with E-state index in [9.17, 15) is 9.59 Å². The van der Waals surface area contributed by atoms with Crippen molar-refractivity contribution in [1.29, 1.82) is 0 Å². The van der Waals surface area contributed by atoms with Crippen molar-refractivity contribution in [1.82, 2.24) is 5.32 Å². The molecule has 6 nitrogen and oxygen atoms in total. The maximum Gasteiger partial charge on any atom is 0.345 e. The van der Waals surface area contributed by atoms with E-state index in [0.717, 1.165) is 21.2 Å². The average molecular weight is 421 g/mol. The standard InChI is InChI=1S/C23H19NO5S/c1-12-3-5-17-15(9-12)21-16(23(26)29-17)11-20(30-21)22(25)24-13(2)14-4-6-18-19(10-14)28-8-7-27-18/h3-6,9-11,13H,7-8H2,1-2H3,(H,24,25)/t13-/m0/s1. The second-order valence-electron chi connectivity index (χ2n) is 7.34. The molecule has 1 aliphatic heterocycles. The van der Waals surface area contributed by atoms with Crippen LogP contribution in [0.25, 0.3) is 21.1 Å². The predicted octanol–water partition coefficient (Wildman–Crippen LogP) is 4.58. The molecule has 0 saturated carbocycles. The lowest BCUT2D eigenvalue weighted by atomic mass is 10.1. The van der Waals surface area contributed by atoms with Crippen molar-refractivity contribution < 1.29 is 18.7 Å². The molecule has 4 aromatic rings. The summed E-state index contributed by atoms with van der Waals surface area (Å²) in [6, 6.07) is 12.7. The van der Waals surface area contributed by atoms with E-state index in [1.54, 1.807) is 12.1 Å². The lowest BCUT2D eigenvalue weighted by Crippen LogP contribution is -2.26. The van der Waals surface area contributed by atoms with Crippen molar-refractivity contribution in [3.05, 3.63) is 68.9 Å². The Morgan fingerprint density at radius 2 is 1.83 bits per heavy atom. The molecule has 30 heavy (non-hydrogen) atoms. The number of nitrogens with one attached hydrogen (secondary N) is 1. The normalized spacial score (nSPS) is 14.1. The fourth-order valence-electron chi connectivity index (χ4n) is 3.60. The zero-order valence-electron chi connectivity index (χ0n) is 16.5. The van der Waals surface area contributed by atoms with Gasteiger partial charge in [-0.15, -0.1) is 11.3 Å². The molecule has 0 unspecified atom stereocenters. The van der Waals surface area contributed by atoms with E-state index in [4.69, 9.17) is 13.9 Å². The van der Waals surface area contributed by atoms with E-state index in [1.807, 2.05) is 44.2 Å². The van der Waals surface area contributed by atoms with Crippen LogP contribution >= 0.6 is 11.3 Å². The second-order valence-corrected chi connectivity index (χ2v) is 8.39. The molecule has 3 heterocycles. The van der Waals surface area contributed by atoms with Gasteiger partial charge in [-0.1, -0.05) is 17.7 Å². The summed E-state index contributed by atoms with van der Waals surface area (Å²) in [5.41, 5.74) is 2.06. The summed E-state index contributed by atoms with van der Waals surface area (Å²) in [5.74, 6) is 1.15. The SMILES string of the molecule is Cc1ccc2oc(=O)c3cc(C(=O)N[C@@H](C)c4ccc5c(c4)OCCO5)sc3c2c1. The summed E-state index contributed by atoms with van der Waals surface area (Å²) in [5, 5.41) is 4.27. The number of amides is 1. The quantitative estimate of drug-likeness (QED) is 0.490. The average Bonchev–Trinajstić information content (AvgIpc) is 3.21. The Kier molecular flexibility index (Phi) is 4.47. The van der Waals surface area contributed by atoms with Crippen LogP contribution in [-0.4, -0.2) is 19.1 Å². The van der Waals surface area contributed by atoms with Crippen molar-refractivity contribution in [3.8, 4) is 11.5 Å². The molecule has 152 valence electrons. The number of aryl methyl sites for hydroxylation is 1. The van der Waals surface area contributed by atoms with E-state index in [-0.39, 0.29) is 11.9 Å². The largest absolute Gasteiger partial charge is 0.486 e. The Bertz CT molecular complexity index is 1350. The van der Waals surface area contributed by atoms with Crippen LogP contribution in [-0.2, 0) is 0 Å². The molecule has 7 heteroatoms. The van der Waals surface area contributed by atoms with Crippen molar-refractivity contribution in [3.63, 3.8) is 0 Å². The second kappa shape index (κ2) is 7.18. The van der Waals surface area contributed by atoms with Gasteiger partial charge in [-0.2, -0.15) is 0 Å². The lowest BCUT2D eigenvalue weighted by Gasteiger charge is -2.21. The molecule has 2 aromatic heterocycles. The molecule has 1 N–H and O–H groups in total. The van der Waals surface area contributed by atoms with Crippen molar-refractivity contribution in [2.24, 2.45) is 0 Å². The number of hydrogen-bond acceptors (Lipinski definition) is 6. The first-order valence-electron chi connectivity index (χ1n) is 9.67. The summed E-state index contributed by atoms with van der Waals surface area (Å²) >= 11 is 1.30. The minimum absolute atomic E-state index is 0.237. The van der Waals surface area contributed by atoms with Gasteiger partial charge in [0.1, 0.15) is 18.8 Å². The number of benzene rings is 2. The molecule has 1 amide bonds. The third kappa shape index (κ3) is 3.21. The molecular weight excluding hydrogens is 402 g/mol. The number of carbonyl (C=O) groups excluding carboxylic acids is 1. The highest BCUT2D eigenvalue weighted by Gasteiger charge is 2.19. The van der Waals surface area contributed by atoms with Gasteiger partial charge in [0.25, 0.3) is 5.91 Å². The van der Waals surface area contributed by atoms with Crippen LogP contribution in [0.15, 0.2) is 51.7 Å². The Morgan fingerprint density at radius 1 is 1.03 bits per heavy atom. The van der Waals surface area contributed by atoms with Gasteiger partial charge >= 0.3 is 5.63 Å². The Morgan fingerprint density at radius 3 is 2.67 bits per heavy atom. The highest BCUT2D eigenvalue weighted by Crippen LogP contribution is 2.34. The van der Waals surface area contributed by atoms with E-state index >= 15 is 0 Å². The Hall–Kier alpha value is -3.32. The summed E-state index contributed by atoms with van der Waals surface area (Å²) in [6.07, 6.45) is 0. The third-order valence-corrected chi connectivity index (χ3v) is 6.34. The molecule has 0 spiro atoms. The van der Waals surface area contributed by atoms with Crippen LogP contribution in [0.4, 0.5) is 0 Å². The molecule has 0 radical (unpaired) electrons. The molecule has 0 saturated heterocycles. The molecule has 0 fully saturated rings. The number of carbonyl (C=O) groups is 1. The van der Waals surface area contributed by atoms with Gasteiger partial charge < -0.3 is 19.2 Å². The first-order valence-corrected chi connectivity index (χ1v) is 10.5. The highest BCUT2D eigenvalue weighted by atomic mass is 32.1. The summed E-state index contributed by atoms with van der Waals surface area (Å²) in [4.78, 5) is 25.8. The molecule has 0 bridgehead atoms. The first kappa shape index (κ1) is 18.7. The lowest BCUT2D eigenvalue weighted by molar-refractivity contribution is 0.0944. The zero-order valence-corrected chi connectivity index (χ0v) is 17.3. The molecule has 0 aliphatic carbocycles. The van der Waals surface area contributed by atoms with Gasteiger partial charge in [-0.3, -0.25) is 4.79 Å². The van der Waals surface area contributed by atoms with Crippen LogP contribution in [0.5, 0.6) is 11.5 Å². The van der Waals surface area contributed by atoms with Crippen LogP contribution in [0.2, 0.25) is 0 Å². The summed E-state index contributed by atoms with van der Waals surface area (Å²) < 4.78 is 17.4. The first-order chi connectivity index (χ1) is 14.5. The van der Waals surface area contributed by atoms with Crippen LogP contribution < -0.4 is 20.4 Å². The van der Waals surface area contributed by atoms with Crippen molar-refractivity contribution in [2.75, 3.05) is 13.2 Å². The minimum atomic E-state index is -0.434. The number of ether oxygens (including phenoxy) is 2. The fraction of sp³-hybridized carbons (Fsp3) is 0.217. The Labute approximate surface area is 176 Å². The van der Waals surface area contributed by atoms with Gasteiger partial charge in [0.15, 0.2) is 11.5 Å². The smallest absolute Gasteiger partial charge is 0.345 e. The van der Waals surface area contributed by atoms with Crippen molar-refractivity contribution >= 4 is 38.3 Å². The number of hydrogen-bond donors (Lipinski definition) is 1. The fourth-order valence-corrected chi connectivity index (χ4v) is 4.67. The third-order valence-electron chi connectivity index (χ3n) is 5.17. The van der Waals surface area contributed by atoms with Gasteiger partial charge in [0.2, 0.25) is 0 Å². The molecular formula is C23H19NO5S. The summed E-state index contributed by atoms with van der Waals surface area (Å²) in [7, 11) is 0.